The topological polar surface area (TPSA) is 52.9 Å². The van der Waals surface area contributed by atoms with E-state index in [9.17, 15) is 4.79 Å². The van der Waals surface area contributed by atoms with Gasteiger partial charge in [0.2, 0.25) is 0 Å². The molecular weight excluding hydrogens is 236 g/mol. The van der Waals surface area contributed by atoms with Crippen LogP contribution in [0.25, 0.3) is 6.08 Å². The minimum absolute atomic E-state index is 0.00880. The van der Waals surface area contributed by atoms with Crippen LogP contribution in [0.2, 0.25) is 5.02 Å². The van der Waals surface area contributed by atoms with Crippen molar-refractivity contribution in [3.8, 4) is 6.07 Å². The summed E-state index contributed by atoms with van der Waals surface area (Å²) < 4.78 is 0. The second kappa shape index (κ2) is 6.07. The number of carbonyl (C=O) groups excluding carboxylic acids is 1. The van der Waals surface area contributed by atoms with Gasteiger partial charge in [0, 0.05) is 11.1 Å². The summed E-state index contributed by atoms with van der Waals surface area (Å²) in [6, 6.07) is 8.92. The van der Waals surface area contributed by atoms with Crippen LogP contribution in [0.1, 0.15) is 19.4 Å². The van der Waals surface area contributed by atoms with E-state index < -0.39 is 0 Å². The van der Waals surface area contributed by atoms with Gasteiger partial charge in [-0.05, 0) is 31.6 Å². The summed E-state index contributed by atoms with van der Waals surface area (Å²) in [5, 5.41) is 12.1. The largest absolute Gasteiger partial charge is 0.349 e. The van der Waals surface area contributed by atoms with E-state index in [1.807, 2.05) is 19.9 Å². The van der Waals surface area contributed by atoms with Crippen LogP contribution in [0.4, 0.5) is 0 Å². The molecule has 0 aliphatic rings. The second-order valence-electron chi connectivity index (χ2n) is 3.82. The predicted octanol–water partition coefficient (Wildman–Crippen LogP) is 2.77. The lowest BCUT2D eigenvalue weighted by molar-refractivity contribution is -0.117. The predicted molar refractivity (Wildman–Crippen MR) is 68.3 cm³/mol. The summed E-state index contributed by atoms with van der Waals surface area (Å²) in [6.45, 7) is 3.67. The second-order valence-corrected chi connectivity index (χ2v) is 4.23. The summed E-state index contributed by atoms with van der Waals surface area (Å²) in [5.74, 6) is -0.387. The number of nitrogens with zero attached hydrogens (tertiary/aromatic N) is 1. The van der Waals surface area contributed by atoms with Crippen molar-refractivity contribution in [1.82, 2.24) is 5.32 Å². The van der Waals surface area contributed by atoms with E-state index in [0.717, 1.165) is 0 Å². The number of carbonyl (C=O) groups is 1. The van der Waals surface area contributed by atoms with Crippen LogP contribution < -0.4 is 5.32 Å². The summed E-state index contributed by atoms with van der Waals surface area (Å²) in [4.78, 5) is 11.7. The van der Waals surface area contributed by atoms with E-state index in [0.29, 0.717) is 10.6 Å². The molecule has 0 aliphatic carbocycles. The average molecular weight is 249 g/mol. The van der Waals surface area contributed by atoms with Crippen molar-refractivity contribution in [2.24, 2.45) is 0 Å². The molecule has 0 heterocycles. The third kappa shape index (κ3) is 3.93. The molecular formula is C13H13ClN2O. The van der Waals surface area contributed by atoms with Gasteiger partial charge in [0.25, 0.3) is 5.91 Å². The Kier molecular flexibility index (Phi) is 4.74. The first-order valence-electron chi connectivity index (χ1n) is 5.21. The van der Waals surface area contributed by atoms with Gasteiger partial charge in [-0.15, -0.1) is 0 Å². The molecule has 0 spiro atoms. The molecule has 0 aliphatic heterocycles. The Hall–Kier alpha value is -1.79. The first-order valence-corrected chi connectivity index (χ1v) is 5.59. The molecule has 0 radical (unpaired) electrons. The van der Waals surface area contributed by atoms with Gasteiger partial charge in [-0.2, -0.15) is 5.26 Å². The number of rotatable bonds is 3. The van der Waals surface area contributed by atoms with Crippen LogP contribution in [0.3, 0.4) is 0 Å². The molecule has 0 saturated carbocycles. The van der Waals surface area contributed by atoms with Crippen LogP contribution in [-0.4, -0.2) is 11.9 Å². The SMILES string of the molecule is CC(C)NC(=O)C(C#N)=Cc1ccccc1Cl. The summed E-state index contributed by atoms with van der Waals surface area (Å²) in [7, 11) is 0. The van der Waals surface area contributed by atoms with Gasteiger partial charge in [0.05, 0.1) is 0 Å². The maximum Gasteiger partial charge on any atom is 0.262 e. The molecule has 0 bridgehead atoms. The highest BCUT2D eigenvalue weighted by Gasteiger charge is 2.10. The quantitative estimate of drug-likeness (QED) is 0.661. The van der Waals surface area contributed by atoms with Crippen molar-refractivity contribution in [3.63, 3.8) is 0 Å². The molecule has 0 saturated heterocycles. The molecule has 1 N–H and O–H groups in total. The number of benzene rings is 1. The van der Waals surface area contributed by atoms with Gasteiger partial charge in [0.1, 0.15) is 11.6 Å². The van der Waals surface area contributed by atoms with Crippen molar-refractivity contribution in [1.29, 1.82) is 5.26 Å². The highest BCUT2D eigenvalue weighted by Crippen LogP contribution is 2.18. The molecule has 1 aromatic carbocycles. The Balaban J connectivity index is 3.00. The van der Waals surface area contributed by atoms with E-state index in [1.54, 1.807) is 24.3 Å². The molecule has 1 rings (SSSR count). The van der Waals surface area contributed by atoms with E-state index in [2.05, 4.69) is 5.32 Å². The Morgan fingerprint density at radius 2 is 2.12 bits per heavy atom. The molecule has 1 aromatic rings. The van der Waals surface area contributed by atoms with Gasteiger partial charge in [-0.1, -0.05) is 29.8 Å². The van der Waals surface area contributed by atoms with Gasteiger partial charge in [-0.3, -0.25) is 4.79 Å². The Labute approximate surface area is 106 Å². The van der Waals surface area contributed by atoms with Gasteiger partial charge in [0.15, 0.2) is 0 Å². The first-order chi connectivity index (χ1) is 8.04. The zero-order chi connectivity index (χ0) is 12.8. The standard InChI is InChI=1S/C13H13ClN2O/c1-9(2)16-13(17)11(8-15)7-10-5-3-4-6-12(10)14/h3-7,9H,1-2H3,(H,16,17). The molecule has 0 atom stereocenters. The van der Waals surface area contributed by atoms with Crippen molar-refractivity contribution < 1.29 is 4.79 Å². The van der Waals surface area contributed by atoms with Gasteiger partial charge < -0.3 is 5.32 Å². The molecule has 4 heteroatoms. The number of nitriles is 1. The van der Waals surface area contributed by atoms with E-state index in [-0.39, 0.29) is 17.5 Å². The van der Waals surface area contributed by atoms with Crippen molar-refractivity contribution >= 4 is 23.6 Å². The van der Waals surface area contributed by atoms with Crippen LogP contribution in [0, 0.1) is 11.3 Å². The maximum absolute atomic E-state index is 11.7. The number of nitrogens with one attached hydrogen (secondary N) is 1. The van der Waals surface area contributed by atoms with Crippen molar-refractivity contribution in [2.75, 3.05) is 0 Å². The lowest BCUT2D eigenvalue weighted by atomic mass is 10.1. The Bertz CT molecular complexity index is 486. The lowest BCUT2D eigenvalue weighted by Crippen LogP contribution is -2.30. The fourth-order valence-electron chi connectivity index (χ4n) is 1.24. The highest BCUT2D eigenvalue weighted by molar-refractivity contribution is 6.32. The molecule has 0 fully saturated rings. The minimum Gasteiger partial charge on any atom is -0.349 e. The van der Waals surface area contributed by atoms with E-state index in [4.69, 9.17) is 16.9 Å². The molecule has 0 aromatic heterocycles. The first kappa shape index (κ1) is 13.3. The van der Waals surface area contributed by atoms with Crippen molar-refractivity contribution in [2.45, 2.75) is 19.9 Å². The Morgan fingerprint density at radius 1 is 1.47 bits per heavy atom. The molecule has 17 heavy (non-hydrogen) atoms. The number of halogens is 1. The molecule has 3 nitrogen and oxygen atoms in total. The van der Waals surface area contributed by atoms with E-state index in [1.165, 1.54) is 6.08 Å². The van der Waals surface area contributed by atoms with Crippen LogP contribution in [-0.2, 0) is 4.79 Å². The van der Waals surface area contributed by atoms with Crippen LogP contribution >= 0.6 is 11.6 Å². The monoisotopic (exact) mass is 248 g/mol. The summed E-state index contributed by atoms with van der Waals surface area (Å²) >= 11 is 5.95. The molecule has 0 unspecified atom stereocenters. The third-order valence-electron chi connectivity index (χ3n) is 1.99. The zero-order valence-electron chi connectivity index (χ0n) is 9.70. The van der Waals surface area contributed by atoms with Gasteiger partial charge in [-0.25, -0.2) is 0 Å². The van der Waals surface area contributed by atoms with Gasteiger partial charge >= 0.3 is 0 Å². The lowest BCUT2D eigenvalue weighted by Gasteiger charge is -2.07. The average Bonchev–Trinajstić information content (AvgIpc) is 2.27. The Morgan fingerprint density at radius 3 is 2.65 bits per heavy atom. The fourth-order valence-corrected chi connectivity index (χ4v) is 1.43. The third-order valence-corrected chi connectivity index (χ3v) is 2.33. The smallest absolute Gasteiger partial charge is 0.262 e. The minimum atomic E-state index is -0.387. The zero-order valence-corrected chi connectivity index (χ0v) is 10.5. The normalized spacial score (nSPS) is 11.1. The summed E-state index contributed by atoms with van der Waals surface area (Å²) in [5.41, 5.74) is 0.705. The highest BCUT2D eigenvalue weighted by atomic mass is 35.5. The molecule has 88 valence electrons. The molecule has 1 amide bonds. The fraction of sp³-hybridized carbons (Fsp3) is 0.231. The summed E-state index contributed by atoms with van der Waals surface area (Å²) in [6.07, 6.45) is 1.49. The van der Waals surface area contributed by atoms with Crippen LogP contribution in [0.5, 0.6) is 0 Å². The van der Waals surface area contributed by atoms with E-state index >= 15 is 0 Å². The maximum atomic E-state index is 11.7. The van der Waals surface area contributed by atoms with Crippen molar-refractivity contribution in [3.05, 3.63) is 40.4 Å². The number of amides is 1. The number of hydrogen-bond donors (Lipinski definition) is 1. The van der Waals surface area contributed by atoms with Crippen LogP contribution in [0.15, 0.2) is 29.8 Å². The number of hydrogen-bond acceptors (Lipinski definition) is 2.